The minimum Gasteiger partial charge on any atom is -0.356 e. The van der Waals surface area contributed by atoms with E-state index in [4.69, 9.17) is 0 Å². The second-order valence-corrected chi connectivity index (χ2v) is 2.86. The van der Waals surface area contributed by atoms with Gasteiger partial charge in [0.2, 0.25) is 0 Å². The summed E-state index contributed by atoms with van der Waals surface area (Å²) in [5.74, 6) is 1.07. The van der Waals surface area contributed by atoms with Gasteiger partial charge in [-0.2, -0.15) is 0 Å². The molecule has 1 aromatic rings. The van der Waals surface area contributed by atoms with Gasteiger partial charge in [0.1, 0.15) is 12.1 Å². The predicted octanol–water partition coefficient (Wildman–Crippen LogP) is 0.995. The van der Waals surface area contributed by atoms with E-state index in [1.54, 1.807) is 6.33 Å². The van der Waals surface area contributed by atoms with Gasteiger partial charge in [-0.25, -0.2) is 9.97 Å². The van der Waals surface area contributed by atoms with E-state index in [9.17, 15) is 0 Å². The number of hydrogen-bond acceptors (Lipinski definition) is 3. The molecular weight excluding hydrogens is 138 g/mol. The zero-order valence-electron chi connectivity index (χ0n) is 6.62. The smallest absolute Gasteiger partial charge is 0.132 e. The molecule has 3 heteroatoms. The molecular formula is C8H11N3. The molecule has 1 saturated heterocycles. The highest BCUT2D eigenvalue weighted by molar-refractivity contribution is 5.40. The Bertz CT molecular complexity index is 255. The summed E-state index contributed by atoms with van der Waals surface area (Å²) in [5, 5.41) is 0. The maximum absolute atomic E-state index is 4.18. The lowest BCUT2D eigenvalue weighted by molar-refractivity contribution is 0.608. The van der Waals surface area contributed by atoms with Crippen LogP contribution in [0.3, 0.4) is 0 Å². The van der Waals surface area contributed by atoms with Gasteiger partial charge in [0.05, 0.1) is 0 Å². The van der Waals surface area contributed by atoms with Crippen molar-refractivity contribution in [1.82, 2.24) is 9.97 Å². The first-order valence-corrected chi connectivity index (χ1v) is 3.90. The maximum atomic E-state index is 4.18. The monoisotopic (exact) mass is 149 g/mol. The van der Waals surface area contributed by atoms with Crippen LogP contribution in [0.15, 0.2) is 12.4 Å². The molecule has 0 unspecified atom stereocenters. The third-order valence-corrected chi connectivity index (χ3v) is 1.97. The van der Waals surface area contributed by atoms with Crippen LogP contribution in [-0.4, -0.2) is 23.1 Å². The molecule has 0 spiro atoms. The highest BCUT2D eigenvalue weighted by atomic mass is 15.2. The first-order chi connectivity index (χ1) is 5.36. The van der Waals surface area contributed by atoms with Gasteiger partial charge < -0.3 is 4.90 Å². The molecule has 0 atom stereocenters. The Morgan fingerprint density at radius 2 is 2.18 bits per heavy atom. The lowest BCUT2D eigenvalue weighted by Gasteiger charge is -2.31. The zero-order chi connectivity index (χ0) is 7.68. The summed E-state index contributed by atoms with van der Waals surface area (Å²) in [5.41, 5.74) is 1.04. The van der Waals surface area contributed by atoms with E-state index in [0.717, 1.165) is 24.6 Å². The van der Waals surface area contributed by atoms with Gasteiger partial charge in [0, 0.05) is 24.8 Å². The predicted molar refractivity (Wildman–Crippen MR) is 43.6 cm³/mol. The third kappa shape index (κ3) is 1.18. The van der Waals surface area contributed by atoms with Crippen molar-refractivity contribution in [2.75, 3.05) is 18.0 Å². The van der Waals surface area contributed by atoms with Crippen LogP contribution in [0.25, 0.3) is 0 Å². The highest BCUT2D eigenvalue weighted by Crippen LogP contribution is 2.16. The standard InChI is InChI=1S/C8H11N3/c1-7-5-8(10-6-9-7)11-3-2-4-11/h5-6H,2-4H2,1H3. The molecule has 3 nitrogen and oxygen atoms in total. The minimum absolute atomic E-state index is 1.04. The molecule has 1 fully saturated rings. The molecule has 1 aliphatic rings. The van der Waals surface area contributed by atoms with Crippen LogP contribution in [-0.2, 0) is 0 Å². The van der Waals surface area contributed by atoms with Crippen molar-refractivity contribution in [2.45, 2.75) is 13.3 Å². The number of hydrogen-bond donors (Lipinski definition) is 0. The van der Waals surface area contributed by atoms with Crippen LogP contribution in [0.1, 0.15) is 12.1 Å². The van der Waals surface area contributed by atoms with Crippen LogP contribution < -0.4 is 4.90 Å². The Labute approximate surface area is 66.1 Å². The molecule has 0 aliphatic carbocycles. The molecule has 2 heterocycles. The van der Waals surface area contributed by atoms with Gasteiger partial charge in [0.25, 0.3) is 0 Å². The summed E-state index contributed by atoms with van der Waals surface area (Å²) in [6, 6.07) is 2.03. The van der Waals surface area contributed by atoms with Crippen molar-refractivity contribution in [1.29, 1.82) is 0 Å². The van der Waals surface area contributed by atoms with Crippen molar-refractivity contribution in [3.8, 4) is 0 Å². The first kappa shape index (κ1) is 6.58. The van der Waals surface area contributed by atoms with Crippen molar-refractivity contribution in [2.24, 2.45) is 0 Å². The van der Waals surface area contributed by atoms with Crippen LogP contribution in [0.5, 0.6) is 0 Å². The van der Waals surface area contributed by atoms with E-state index >= 15 is 0 Å². The van der Waals surface area contributed by atoms with Crippen LogP contribution in [0.2, 0.25) is 0 Å². The SMILES string of the molecule is Cc1cc(N2CCC2)ncn1. The maximum Gasteiger partial charge on any atom is 0.132 e. The van der Waals surface area contributed by atoms with E-state index in [1.165, 1.54) is 6.42 Å². The van der Waals surface area contributed by atoms with Crippen LogP contribution in [0, 0.1) is 6.92 Å². The number of nitrogens with zero attached hydrogens (tertiary/aromatic N) is 3. The number of rotatable bonds is 1. The zero-order valence-corrected chi connectivity index (χ0v) is 6.62. The number of aryl methyl sites for hydroxylation is 1. The Balaban J connectivity index is 2.23. The molecule has 0 N–H and O–H groups in total. The largest absolute Gasteiger partial charge is 0.356 e. The Hall–Kier alpha value is -1.12. The normalized spacial score (nSPS) is 16.3. The Kier molecular flexibility index (Phi) is 1.49. The summed E-state index contributed by atoms with van der Waals surface area (Å²) in [4.78, 5) is 10.5. The lowest BCUT2D eigenvalue weighted by atomic mass is 10.2. The Morgan fingerprint density at radius 1 is 1.36 bits per heavy atom. The van der Waals surface area contributed by atoms with E-state index < -0.39 is 0 Å². The van der Waals surface area contributed by atoms with Gasteiger partial charge >= 0.3 is 0 Å². The van der Waals surface area contributed by atoms with Crippen molar-refractivity contribution < 1.29 is 0 Å². The Morgan fingerprint density at radius 3 is 2.73 bits per heavy atom. The fourth-order valence-corrected chi connectivity index (χ4v) is 1.16. The second kappa shape index (κ2) is 2.49. The summed E-state index contributed by atoms with van der Waals surface area (Å²) in [7, 11) is 0. The average molecular weight is 149 g/mol. The van der Waals surface area contributed by atoms with E-state index in [-0.39, 0.29) is 0 Å². The number of aromatic nitrogens is 2. The topological polar surface area (TPSA) is 29.0 Å². The van der Waals surface area contributed by atoms with Crippen molar-refractivity contribution >= 4 is 5.82 Å². The minimum atomic E-state index is 1.04. The fourth-order valence-electron chi connectivity index (χ4n) is 1.16. The van der Waals surface area contributed by atoms with Crippen LogP contribution >= 0.6 is 0 Å². The quantitative estimate of drug-likeness (QED) is 0.596. The molecule has 0 bridgehead atoms. The number of anilines is 1. The molecule has 2 rings (SSSR count). The summed E-state index contributed by atoms with van der Waals surface area (Å²) < 4.78 is 0. The molecule has 0 amide bonds. The fraction of sp³-hybridized carbons (Fsp3) is 0.500. The summed E-state index contributed by atoms with van der Waals surface area (Å²) in [6.45, 7) is 4.29. The molecule has 0 saturated carbocycles. The third-order valence-electron chi connectivity index (χ3n) is 1.97. The second-order valence-electron chi connectivity index (χ2n) is 2.86. The van der Waals surface area contributed by atoms with Gasteiger partial charge in [-0.3, -0.25) is 0 Å². The molecule has 0 aromatic carbocycles. The molecule has 1 aliphatic heterocycles. The van der Waals surface area contributed by atoms with E-state index in [1.807, 2.05) is 13.0 Å². The highest BCUT2D eigenvalue weighted by Gasteiger charge is 2.14. The average Bonchev–Trinajstić information content (AvgIpc) is 1.83. The molecule has 58 valence electrons. The molecule has 0 radical (unpaired) electrons. The van der Waals surface area contributed by atoms with Gasteiger partial charge in [0.15, 0.2) is 0 Å². The van der Waals surface area contributed by atoms with Gasteiger partial charge in [-0.15, -0.1) is 0 Å². The summed E-state index contributed by atoms with van der Waals surface area (Å²) >= 11 is 0. The summed E-state index contributed by atoms with van der Waals surface area (Å²) in [6.07, 6.45) is 2.92. The lowest BCUT2D eigenvalue weighted by Crippen LogP contribution is -2.37. The van der Waals surface area contributed by atoms with E-state index in [2.05, 4.69) is 14.9 Å². The van der Waals surface area contributed by atoms with Crippen LogP contribution in [0.4, 0.5) is 5.82 Å². The van der Waals surface area contributed by atoms with Crippen molar-refractivity contribution in [3.63, 3.8) is 0 Å². The van der Waals surface area contributed by atoms with Crippen molar-refractivity contribution in [3.05, 3.63) is 18.1 Å². The van der Waals surface area contributed by atoms with E-state index in [0.29, 0.717) is 0 Å². The molecule has 11 heavy (non-hydrogen) atoms. The van der Waals surface area contributed by atoms with Gasteiger partial charge in [-0.1, -0.05) is 0 Å². The molecule has 1 aromatic heterocycles. The first-order valence-electron chi connectivity index (χ1n) is 3.90. The van der Waals surface area contributed by atoms with Gasteiger partial charge in [-0.05, 0) is 13.3 Å².